The number of amides is 1. The molecule has 0 spiro atoms. The van der Waals surface area contributed by atoms with E-state index in [-0.39, 0.29) is 27.6 Å². The summed E-state index contributed by atoms with van der Waals surface area (Å²) in [6.07, 6.45) is 0. The van der Waals surface area contributed by atoms with Crippen molar-refractivity contribution in [3.05, 3.63) is 71.8 Å². The Kier molecular flexibility index (Phi) is 6.50. The van der Waals surface area contributed by atoms with E-state index in [4.69, 9.17) is 10.5 Å². The van der Waals surface area contributed by atoms with Crippen LogP contribution in [0.5, 0.6) is 0 Å². The minimum atomic E-state index is -4.05. The molecule has 156 valence electrons. The third kappa shape index (κ3) is 4.85. The Morgan fingerprint density at radius 1 is 1.07 bits per heavy atom. The number of hydrogen-bond acceptors (Lipinski definition) is 7. The van der Waals surface area contributed by atoms with Gasteiger partial charge in [0.1, 0.15) is 0 Å². The van der Waals surface area contributed by atoms with Gasteiger partial charge in [0.05, 0.1) is 27.6 Å². The highest BCUT2D eigenvalue weighted by Gasteiger charge is 2.19. The molecule has 0 saturated heterocycles. The van der Waals surface area contributed by atoms with E-state index in [0.29, 0.717) is 0 Å². The Morgan fingerprint density at radius 2 is 1.73 bits per heavy atom. The van der Waals surface area contributed by atoms with Gasteiger partial charge < -0.3 is 10.5 Å². The first-order valence-corrected chi connectivity index (χ1v) is 11.2. The van der Waals surface area contributed by atoms with Crippen LogP contribution in [0.1, 0.15) is 27.6 Å². The van der Waals surface area contributed by atoms with Crippen LogP contribution in [0.4, 0.5) is 5.00 Å². The second kappa shape index (κ2) is 9.08. The van der Waals surface area contributed by atoms with E-state index in [9.17, 15) is 18.0 Å². The molecular formula is C20H19N3O5S2. The van der Waals surface area contributed by atoms with E-state index in [1.54, 1.807) is 13.0 Å². The highest BCUT2D eigenvalue weighted by atomic mass is 32.2. The number of nitrogen functional groups attached to an aromatic ring is 1. The maximum absolute atomic E-state index is 12.4. The molecule has 0 fully saturated rings. The second-order valence-corrected chi connectivity index (χ2v) is 8.83. The van der Waals surface area contributed by atoms with E-state index in [1.165, 1.54) is 35.6 Å². The Balaban J connectivity index is 1.69. The number of ether oxygens (including phenoxy) is 1. The molecule has 3 aromatic rings. The first-order valence-electron chi connectivity index (χ1n) is 8.86. The van der Waals surface area contributed by atoms with Gasteiger partial charge in [-0.05, 0) is 42.8 Å². The van der Waals surface area contributed by atoms with Crippen molar-refractivity contribution in [2.75, 3.05) is 12.3 Å². The SMILES string of the molecule is CCOC(=O)c1ccc(S(=O)(=O)NNC(=O)c2cc(-c3ccccc3)sc2N)cc1. The molecule has 0 bridgehead atoms. The van der Waals surface area contributed by atoms with Gasteiger partial charge in [0.2, 0.25) is 0 Å². The molecule has 2 aromatic carbocycles. The van der Waals surface area contributed by atoms with Crippen molar-refractivity contribution >= 4 is 38.2 Å². The number of sulfonamides is 1. The van der Waals surface area contributed by atoms with Gasteiger partial charge >= 0.3 is 5.97 Å². The molecule has 0 saturated carbocycles. The number of carbonyl (C=O) groups excluding carboxylic acids is 2. The fourth-order valence-corrected chi connectivity index (χ4v) is 4.32. The molecule has 0 aliphatic heterocycles. The molecular weight excluding hydrogens is 426 g/mol. The zero-order valence-corrected chi connectivity index (χ0v) is 17.5. The predicted molar refractivity (Wildman–Crippen MR) is 114 cm³/mol. The molecule has 1 amide bonds. The fraction of sp³-hybridized carbons (Fsp3) is 0.100. The highest BCUT2D eigenvalue weighted by Crippen LogP contribution is 2.33. The summed E-state index contributed by atoms with van der Waals surface area (Å²) in [5, 5.41) is 0.268. The summed E-state index contributed by atoms with van der Waals surface area (Å²) in [5.41, 5.74) is 9.38. The quantitative estimate of drug-likeness (QED) is 0.379. The van der Waals surface area contributed by atoms with Crippen molar-refractivity contribution in [2.45, 2.75) is 11.8 Å². The number of anilines is 1. The monoisotopic (exact) mass is 445 g/mol. The van der Waals surface area contributed by atoms with Crippen LogP contribution in [-0.2, 0) is 14.8 Å². The minimum absolute atomic E-state index is 0.126. The molecule has 10 heteroatoms. The van der Waals surface area contributed by atoms with Gasteiger partial charge in [0, 0.05) is 4.88 Å². The summed E-state index contributed by atoms with van der Waals surface area (Å²) in [4.78, 5) is 26.8. The number of carbonyl (C=O) groups is 2. The third-order valence-electron chi connectivity index (χ3n) is 4.04. The van der Waals surface area contributed by atoms with E-state index < -0.39 is 21.9 Å². The van der Waals surface area contributed by atoms with Crippen LogP contribution in [0.25, 0.3) is 10.4 Å². The van der Waals surface area contributed by atoms with E-state index in [0.717, 1.165) is 10.4 Å². The van der Waals surface area contributed by atoms with Gasteiger partial charge in [-0.1, -0.05) is 30.3 Å². The van der Waals surface area contributed by atoms with Crippen LogP contribution >= 0.6 is 11.3 Å². The average Bonchev–Trinajstić information content (AvgIpc) is 3.15. The number of rotatable bonds is 7. The van der Waals surface area contributed by atoms with Crippen molar-refractivity contribution in [3.63, 3.8) is 0 Å². The lowest BCUT2D eigenvalue weighted by Crippen LogP contribution is -2.41. The molecule has 1 aromatic heterocycles. The summed E-state index contributed by atoms with van der Waals surface area (Å²) in [5.74, 6) is -1.23. The number of esters is 1. The van der Waals surface area contributed by atoms with Crippen molar-refractivity contribution in [3.8, 4) is 10.4 Å². The zero-order valence-electron chi connectivity index (χ0n) is 15.9. The lowest BCUT2D eigenvalue weighted by atomic mass is 10.1. The molecule has 0 aliphatic rings. The molecule has 1 heterocycles. The maximum atomic E-state index is 12.4. The Bertz CT molecular complexity index is 1160. The molecule has 8 nitrogen and oxygen atoms in total. The largest absolute Gasteiger partial charge is 0.462 e. The van der Waals surface area contributed by atoms with Crippen molar-refractivity contribution in [1.82, 2.24) is 10.3 Å². The van der Waals surface area contributed by atoms with Crippen LogP contribution in [0.3, 0.4) is 0 Å². The number of nitrogens with one attached hydrogen (secondary N) is 2. The number of benzene rings is 2. The summed E-state index contributed by atoms with van der Waals surface area (Å²) < 4.78 is 29.7. The Labute approximate surface area is 177 Å². The predicted octanol–water partition coefficient (Wildman–Crippen LogP) is 2.80. The second-order valence-electron chi connectivity index (χ2n) is 6.06. The number of hydrogen-bond donors (Lipinski definition) is 3. The van der Waals surface area contributed by atoms with Crippen LogP contribution in [0.2, 0.25) is 0 Å². The smallest absolute Gasteiger partial charge is 0.338 e. The van der Waals surface area contributed by atoms with Crippen molar-refractivity contribution in [1.29, 1.82) is 0 Å². The maximum Gasteiger partial charge on any atom is 0.338 e. The summed E-state index contributed by atoms with van der Waals surface area (Å²) >= 11 is 1.23. The Morgan fingerprint density at radius 3 is 2.37 bits per heavy atom. The first-order chi connectivity index (χ1) is 14.3. The van der Waals surface area contributed by atoms with Crippen LogP contribution in [-0.4, -0.2) is 26.9 Å². The first kappa shape index (κ1) is 21.5. The van der Waals surface area contributed by atoms with Crippen LogP contribution in [0.15, 0.2) is 65.6 Å². The molecule has 30 heavy (non-hydrogen) atoms. The van der Waals surface area contributed by atoms with Gasteiger partial charge in [-0.2, -0.15) is 0 Å². The Hall–Kier alpha value is -3.21. The molecule has 0 atom stereocenters. The van der Waals surface area contributed by atoms with Gasteiger partial charge in [0.25, 0.3) is 15.9 Å². The molecule has 0 unspecified atom stereocenters. The van der Waals surface area contributed by atoms with Gasteiger partial charge in [0.15, 0.2) is 0 Å². The molecule has 3 rings (SSSR count). The van der Waals surface area contributed by atoms with Crippen LogP contribution < -0.4 is 16.0 Å². The fourth-order valence-electron chi connectivity index (χ4n) is 2.55. The van der Waals surface area contributed by atoms with Gasteiger partial charge in [-0.25, -0.2) is 13.2 Å². The standard InChI is InChI=1S/C20H19N3O5S2/c1-2-28-20(25)14-8-10-15(11-9-14)30(26,27)23-22-19(24)16-12-17(29-18(16)21)13-6-4-3-5-7-13/h3-12,23H,2,21H2,1H3,(H,22,24). The molecule has 0 aliphatic carbocycles. The van der Waals surface area contributed by atoms with Crippen molar-refractivity contribution in [2.24, 2.45) is 0 Å². The van der Waals surface area contributed by atoms with Crippen LogP contribution in [0, 0.1) is 0 Å². The lowest BCUT2D eigenvalue weighted by Gasteiger charge is -2.09. The van der Waals surface area contributed by atoms with E-state index >= 15 is 0 Å². The zero-order chi connectivity index (χ0) is 21.7. The third-order valence-corrected chi connectivity index (χ3v) is 6.32. The lowest BCUT2D eigenvalue weighted by molar-refractivity contribution is 0.0526. The summed E-state index contributed by atoms with van der Waals surface area (Å²) in [6, 6.07) is 16.1. The minimum Gasteiger partial charge on any atom is -0.462 e. The molecule has 0 radical (unpaired) electrons. The topological polar surface area (TPSA) is 128 Å². The number of nitrogens with two attached hydrogens (primary N) is 1. The summed E-state index contributed by atoms with van der Waals surface area (Å²) in [7, 11) is -4.05. The number of thiophene rings is 1. The van der Waals surface area contributed by atoms with Crippen molar-refractivity contribution < 1.29 is 22.7 Å². The van der Waals surface area contributed by atoms with Gasteiger partial charge in [-0.3, -0.25) is 10.2 Å². The number of hydrazine groups is 1. The average molecular weight is 446 g/mol. The molecule has 4 N–H and O–H groups in total. The summed E-state index contributed by atoms with van der Waals surface area (Å²) in [6.45, 7) is 1.89. The highest BCUT2D eigenvalue weighted by molar-refractivity contribution is 7.89. The van der Waals surface area contributed by atoms with E-state index in [1.807, 2.05) is 35.2 Å². The normalized spacial score (nSPS) is 11.1. The van der Waals surface area contributed by atoms with Gasteiger partial charge in [-0.15, -0.1) is 16.2 Å². The van der Waals surface area contributed by atoms with E-state index in [2.05, 4.69) is 5.43 Å².